The number of thiazole rings is 1. The molecule has 0 bridgehead atoms. The second-order valence-corrected chi connectivity index (χ2v) is 7.11. The average Bonchev–Trinajstić information content (AvgIpc) is 3.12. The molecule has 4 nitrogen and oxygen atoms in total. The van der Waals surface area contributed by atoms with Crippen LogP contribution in [-0.4, -0.2) is 15.9 Å². The fraction of sp³-hybridized carbons (Fsp3) is 0.0500. The van der Waals surface area contributed by atoms with E-state index in [9.17, 15) is 4.79 Å². The summed E-state index contributed by atoms with van der Waals surface area (Å²) in [5.41, 5.74) is 2.32. The van der Waals surface area contributed by atoms with E-state index in [4.69, 9.17) is 11.6 Å². The number of nitrogens with zero attached hydrogens (tertiary/aromatic N) is 3. The van der Waals surface area contributed by atoms with Crippen molar-refractivity contribution in [1.29, 1.82) is 0 Å². The molecule has 0 unspecified atom stereocenters. The number of carbonyl (C=O) groups is 1. The van der Waals surface area contributed by atoms with Crippen LogP contribution in [0.5, 0.6) is 0 Å². The van der Waals surface area contributed by atoms with Crippen molar-refractivity contribution in [3.8, 4) is 0 Å². The third-order valence-corrected chi connectivity index (χ3v) is 5.29. The molecular weight excluding hydrogens is 366 g/mol. The van der Waals surface area contributed by atoms with Crippen LogP contribution in [0.25, 0.3) is 10.2 Å². The molecule has 26 heavy (non-hydrogen) atoms. The Labute approximate surface area is 159 Å². The van der Waals surface area contributed by atoms with Gasteiger partial charge in [0.05, 0.1) is 16.3 Å². The van der Waals surface area contributed by atoms with E-state index in [-0.39, 0.29) is 5.91 Å². The third-order valence-electron chi connectivity index (χ3n) is 3.95. The van der Waals surface area contributed by atoms with Crippen molar-refractivity contribution in [2.24, 2.45) is 0 Å². The molecule has 1 amide bonds. The van der Waals surface area contributed by atoms with Crippen LogP contribution < -0.4 is 4.90 Å². The minimum atomic E-state index is -0.0995. The highest BCUT2D eigenvalue weighted by atomic mass is 35.5. The molecule has 0 saturated carbocycles. The Bertz CT molecular complexity index is 1050. The standard InChI is InChI=1S/C20H14ClN3OS/c21-16-7-4-8-17-18(16)23-20(26-17)24(13-14-9-11-22-12-10-14)19(25)15-5-2-1-3-6-15/h1-12H,13H2. The molecule has 0 aliphatic carbocycles. The van der Waals surface area contributed by atoms with Gasteiger partial charge in [0.15, 0.2) is 5.13 Å². The molecule has 128 valence electrons. The second kappa shape index (κ2) is 7.23. The zero-order valence-corrected chi connectivity index (χ0v) is 15.2. The highest BCUT2D eigenvalue weighted by molar-refractivity contribution is 7.22. The summed E-state index contributed by atoms with van der Waals surface area (Å²) >= 11 is 7.72. The van der Waals surface area contributed by atoms with Crippen molar-refractivity contribution >= 4 is 44.2 Å². The van der Waals surface area contributed by atoms with Crippen LogP contribution in [0.4, 0.5) is 5.13 Å². The molecule has 2 heterocycles. The van der Waals surface area contributed by atoms with Crippen molar-refractivity contribution < 1.29 is 4.79 Å². The maximum atomic E-state index is 13.2. The molecule has 0 aliphatic rings. The summed E-state index contributed by atoms with van der Waals surface area (Å²) in [4.78, 5) is 23.5. The summed E-state index contributed by atoms with van der Waals surface area (Å²) in [6, 6.07) is 18.7. The number of fused-ring (bicyclic) bond motifs is 1. The SMILES string of the molecule is O=C(c1ccccc1)N(Cc1ccncc1)c1nc2c(Cl)cccc2s1. The Hall–Kier alpha value is -2.76. The average molecular weight is 380 g/mol. The van der Waals surface area contributed by atoms with Gasteiger partial charge in [-0.25, -0.2) is 4.98 Å². The first-order valence-corrected chi connectivity index (χ1v) is 9.23. The quantitative estimate of drug-likeness (QED) is 0.490. The predicted octanol–water partition coefficient (Wildman–Crippen LogP) is 5.19. The van der Waals surface area contributed by atoms with Gasteiger partial charge in [-0.15, -0.1) is 0 Å². The van der Waals surface area contributed by atoms with Gasteiger partial charge < -0.3 is 0 Å². The fourth-order valence-corrected chi connectivity index (χ4v) is 3.92. The Balaban J connectivity index is 1.78. The number of anilines is 1. The molecule has 0 saturated heterocycles. The number of para-hydroxylation sites is 1. The van der Waals surface area contributed by atoms with Gasteiger partial charge in [-0.2, -0.15) is 0 Å². The number of rotatable bonds is 4. The normalized spacial score (nSPS) is 10.8. The van der Waals surface area contributed by atoms with Crippen LogP contribution in [0.2, 0.25) is 5.02 Å². The van der Waals surface area contributed by atoms with Crippen molar-refractivity contribution in [3.05, 3.63) is 89.2 Å². The van der Waals surface area contributed by atoms with Crippen LogP contribution in [0.3, 0.4) is 0 Å². The highest BCUT2D eigenvalue weighted by Gasteiger charge is 2.22. The Morgan fingerprint density at radius 2 is 1.77 bits per heavy atom. The van der Waals surface area contributed by atoms with Gasteiger partial charge in [-0.3, -0.25) is 14.7 Å². The Kier molecular flexibility index (Phi) is 4.65. The minimum absolute atomic E-state index is 0.0995. The van der Waals surface area contributed by atoms with E-state index in [1.807, 2.05) is 54.6 Å². The van der Waals surface area contributed by atoms with Crippen molar-refractivity contribution in [3.63, 3.8) is 0 Å². The number of hydrogen-bond acceptors (Lipinski definition) is 4. The lowest BCUT2D eigenvalue weighted by atomic mass is 10.2. The highest BCUT2D eigenvalue weighted by Crippen LogP contribution is 2.34. The first-order chi connectivity index (χ1) is 12.7. The lowest BCUT2D eigenvalue weighted by Crippen LogP contribution is -2.30. The molecule has 0 spiro atoms. The minimum Gasteiger partial charge on any atom is -0.279 e. The topological polar surface area (TPSA) is 46.1 Å². The number of amides is 1. The number of aromatic nitrogens is 2. The summed E-state index contributed by atoms with van der Waals surface area (Å²) in [5.74, 6) is -0.0995. The zero-order chi connectivity index (χ0) is 17.9. The first kappa shape index (κ1) is 16.7. The van der Waals surface area contributed by atoms with Gasteiger partial charge in [-0.1, -0.05) is 47.2 Å². The van der Waals surface area contributed by atoms with E-state index in [2.05, 4.69) is 9.97 Å². The maximum absolute atomic E-state index is 13.2. The Morgan fingerprint density at radius 1 is 1.00 bits per heavy atom. The van der Waals surface area contributed by atoms with E-state index >= 15 is 0 Å². The van der Waals surface area contributed by atoms with Crippen molar-refractivity contribution in [1.82, 2.24) is 9.97 Å². The summed E-state index contributed by atoms with van der Waals surface area (Å²) in [6.45, 7) is 0.410. The molecule has 0 aliphatic heterocycles. The fourth-order valence-electron chi connectivity index (χ4n) is 2.65. The van der Waals surface area contributed by atoms with E-state index in [0.29, 0.717) is 22.3 Å². The van der Waals surface area contributed by atoms with E-state index in [0.717, 1.165) is 15.8 Å². The first-order valence-electron chi connectivity index (χ1n) is 8.03. The summed E-state index contributed by atoms with van der Waals surface area (Å²) in [5, 5.41) is 1.21. The number of pyridine rings is 1. The van der Waals surface area contributed by atoms with Crippen LogP contribution in [-0.2, 0) is 6.54 Å². The molecule has 2 aromatic heterocycles. The molecular formula is C20H14ClN3OS. The number of halogens is 1. The predicted molar refractivity (Wildman–Crippen MR) is 106 cm³/mol. The van der Waals surface area contributed by atoms with Crippen LogP contribution in [0.15, 0.2) is 73.1 Å². The monoisotopic (exact) mass is 379 g/mol. The lowest BCUT2D eigenvalue weighted by molar-refractivity contribution is 0.0985. The van der Waals surface area contributed by atoms with Gasteiger partial charge in [0.1, 0.15) is 5.52 Å². The molecule has 0 N–H and O–H groups in total. The van der Waals surface area contributed by atoms with Crippen molar-refractivity contribution in [2.75, 3.05) is 4.90 Å². The molecule has 4 rings (SSSR count). The van der Waals surface area contributed by atoms with E-state index < -0.39 is 0 Å². The molecule has 0 radical (unpaired) electrons. The summed E-state index contributed by atoms with van der Waals surface area (Å²) in [6.07, 6.45) is 3.44. The van der Waals surface area contributed by atoms with Crippen LogP contribution >= 0.6 is 22.9 Å². The third kappa shape index (κ3) is 3.31. The molecule has 4 aromatic rings. The molecule has 6 heteroatoms. The molecule has 0 fully saturated rings. The van der Waals surface area contributed by atoms with Gasteiger partial charge in [0, 0.05) is 18.0 Å². The van der Waals surface area contributed by atoms with Gasteiger partial charge in [0.25, 0.3) is 5.91 Å². The van der Waals surface area contributed by atoms with Crippen LogP contribution in [0.1, 0.15) is 15.9 Å². The van der Waals surface area contributed by atoms with E-state index in [1.165, 1.54) is 11.3 Å². The largest absolute Gasteiger partial charge is 0.279 e. The van der Waals surface area contributed by atoms with E-state index in [1.54, 1.807) is 23.4 Å². The van der Waals surface area contributed by atoms with Gasteiger partial charge in [-0.05, 0) is 42.0 Å². The van der Waals surface area contributed by atoms with Gasteiger partial charge >= 0.3 is 0 Å². The van der Waals surface area contributed by atoms with Crippen molar-refractivity contribution in [2.45, 2.75) is 6.54 Å². The lowest BCUT2D eigenvalue weighted by Gasteiger charge is -2.20. The second-order valence-electron chi connectivity index (χ2n) is 5.70. The Morgan fingerprint density at radius 3 is 2.50 bits per heavy atom. The zero-order valence-electron chi connectivity index (χ0n) is 13.7. The van der Waals surface area contributed by atoms with Crippen LogP contribution in [0, 0.1) is 0 Å². The summed E-state index contributed by atoms with van der Waals surface area (Å²) in [7, 11) is 0. The maximum Gasteiger partial charge on any atom is 0.260 e. The summed E-state index contributed by atoms with van der Waals surface area (Å²) < 4.78 is 0.952. The number of carbonyl (C=O) groups excluding carboxylic acids is 1. The smallest absolute Gasteiger partial charge is 0.260 e. The molecule has 2 aromatic carbocycles. The number of benzene rings is 2. The molecule has 0 atom stereocenters. The van der Waals surface area contributed by atoms with Gasteiger partial charge in [0.2, 0.25) is 0 Å². The number of hydrogen-bond donors (Lipinski definition) is 0.